The van der Waals surface area contributed by atoms with Gasteiger partial charge >= 0.3 is 0 Å². The van der Waals surface area contributed by atoms with Gasteiger partial charge in [0.1, 0.15) is 0 Å². The van der Waals surface area contributed by atoms with Gasteiger partial charge in [-0.25, -0.2) is 0 Å². The Morgan fingerprint density at radius 1 is 1.25 bits per heavy atom. The monoisotopic (exact) mass is 281 g/mol. The highest BCUT2D eigenvalue weighted by atomic mass is 15.3. The summed E-state index contributed by atoms with van der Waals surface area (Å²) < 4.78 is 0. The van der Waals surface area contributed by atoms with Crippen LogP contribution in [0.2, 0.25) is 0 Å². The summed E-state index contributed by atoms with van der Waals surface area (Å²) in [5.74, 6) is 1.74. The van der Waals surface area contributed by atoms with Crippen LogP contribution in [0.15, 0.2) is 0 Å². The average Bonchev–Trinajstić information content (AvgIpc) is 2.46. The summed E-state index contributed by atoms with van der Waals surface area (Å²) in [5.41, 5.74) is 6.52. The highest BCUT2D eigenvalue weighted by Gasteiger charge is 2.41. The molecule has 1 unspecified atom stereocenters. The van der Waals surface area contributed by atoms with Gasteiger partial charge in [-0.3, -0.25) is 4.90 Å². The Balaban J connectivity index is 2.00. The fourth-order valence-corrected chi connectivity index (χ4v) is 4.39. The van der Waals surface area contributed by atoms with Crippen molar-refractivity contribution in [2.24, 2.45) is 17.6 Å². The van der Waals surface area contributed by atoms with E-state index < -0.39 is 0 Å². The largest absolute Gasteiger partial charge is 0.329 e. The first-order valence-electron chi connectivity index (χ1n) is 8.60. The topological polar surface area (TPSA) is 32.5 Å². The summed E-state index contributed by atoms with van der Waals surface area (Å²) in [5, 5.41) is 0. The van der Waals surface area contributed by atoms with Crippen LogP contribution >= 0.6 is 0 Å². The molecular formula is C17H35N3. The van der Waals surface area contributed by atoms with Crippen molar-refractivity contribution < 1.29 is 0 Å². The van der Waals surface area contributed by atoms with E-state index in [1.165, 1.54) is 51.6 Å². The van der Waals surface area contributed by atoms with Gasteiger partial charge < -0.3 is 10.6 Å². The lowest BCUT2D eigenvalue weighted by Gasteiger charge is -2.51. The quantitative estimate of drug-likeness (QED) is 0.859. The summed E-state index contributed by atoms with van der Waals surface area (Å²) in [4.78, 5) is 5.15. The van der Waals surface area contributed by atoms with Crippen molar-refractivity contribution in [1.82, 2.24) is 9.80 Å². The summed E-state index contributed by atoms with van der Waals surface area (Å²) >= 11 is 0. The molecule has 0 bridgehead atoms. The molecule has 0 aromatic heterocycles. The van der Waals surface area contributed by atoms with Crippen LogP contribution in [0.5, 0.6) is 0 Å². The van der Waals surface area contributed by atoms with Gasteiger partial charge in [0.15, 0.2) is 0 Å². The second kappa shape index (κ2) is 6.76. The minimum Gasteiger partial charge on any atom is -0.329 e. The van der Waals surface area contributed by atoms with Crippen molar-refractivity contribution in [2.75, 3.05) is 33.7 Å². The van der Waals surface area contributed by atoms with Crippen molar-refractivity contribution in [2.45, 2.75) is 64.0 Å². The zero-order chi connectivity index (χ0) is 14.8. The maximum Gasteiger partial charge on any atom is 0.0332 e. The van der Waals surface area contributed by atoms with Gasteiger partial charge in [-0.2, -0.15) is 0 Å². The zero-order valence-electron chi connectivity index (χ0n) is 14.1. The molecule has 1 aliphatic heterocycles. The predicted octanol–water partition coefficient (Wildman–Crippen LogP) is 2.56. The second-order valence-corrected chi connectivity index (χ2v) is 7.68. The highest BCUT2D eigenvalue weighted by molar-refractivity contribution is 4.98. The number of nitrogens with two attached hydrogens (primary N) is 1. The van der Waals surface area contributed by atoms with E-state index in [0.29, 0.717) is 6.04 Å². The molecule has 0 spiro atoms. The highest BCUT2D eigenvalue weighted by Crippen LogP contribution is 2.39. The molecule has 118 valence electrons. The van der Waals surface area contributed by atoms with Crippen LogP contribution in [0.1, 0.15) is 52.4 Å². The van der Waals surface area contributed by atoms with Crippen LogP contribution in [-0.4, -0.2) is 55.1 Å². The zero-order valence-corrected chi connectivity index (χ0v) is 14.1. The maximum absolute atomic E-state index is 6.25. The lowest BCUT2D eigenvalue weighted by atomic mass is 9.71. The molecule has 1 heterocycles. The van der Waals surface area contributed by atoms with Crippen LogP contribution in [0.4, 0.5) is 0 Å². The Morgan fingerprint density at radius 2 is 1.90 bits per heavy atom. The van der Waals surface area contributed by atoms with Crippen LogP contribution in [-0.2, 0) is 0 Å². The smallest absolute Gasteiger partial charge is 0.0332 e. The normalized spacial score (nSPS) is 36.8. The summed E-state index contributed by atoms with van der Waals surface area (Å²) in [7, 11) is 4.59. The molecule has 1 saturated heterocycles. The van der Waals surface area contributed by atoms with E-state index in [9.17, 15) is 0 Å². The molecule has 0 radical (unpaired) electrons. The first kappa shape index (κ1) is 16.3. The molecule has 1 aliphatic carbocycles. The number of likely N-dealkylation sites (tertiary alicyclic amines) is 1. The summed E-state index contributed by atoms with van der Waals surface area (Å²) in [6.45, 7) is 8.05. The maximum atomic E-state index is 6.25. The standard InChI is InChI=1S/C17H35N3/c1-14(2)15-7-9-17(13-18,10-8-15)20(4)16-6-5-11-19(3)12-16/h14-16H,5-13,18H2,1-4H3. The molecule has 0 aromatic rings. The van der Waals surface area contributed by atoms with E-state index in [4.69, 9.17) is 5.73 Å². The van der Waals surface area contributed by atoms with Crippen molar-refractivity contribution in [1.29, 1.82) is 0 Å². The van der Waals surface area contributed by atoms with Crippen molar-refractivity contribution >= 4 is 0 Å². The number of piperidine rings is 1. The van der Waals surface area contributed by atoms with Gasteiger partial charge in [0.05, 0.1) is 0 Å². The fourth-order valence-electron chi connectivity index (χ4n) is 4.39. The van der Waals surface area contributed by atoms with E-state index in [-0.39, 0.29) is 5.54 Å². The van der Waals surface area contributed by atoms with E-state index in [1.54, 1.807) is 0 Å². The second-order valence-electron chi connectivity index (χ2n) is 7.68. The summed E-state index contributed by atoms with van der Waals surface area (Å²) in [6, 6.07) is 0.702. The first-order valence-corrected chi connectivity index (χ1v) is 8.60. The Morgan fingerprint density at radius 3 is 2.40 bits per heavy atom. The van der Waals surface area contributed by atoms with E-state index in [0.717, 1.165) is 18.4 Å². The van der Waals surface area contributed by atoms with Gasteiger partial charge in [0.2, 0.25) is 0 Å². The molecule has 0 aromatic carbocycles. The fraction of sp³-hybridized carbons (Fsp3) is 1.00. The van der Waals surface area contributed by atoms with Gasteiger partial charge in [-0.15, -0.1) is 0 Å². The minimum atomic E-state index is 0.272. The molecule has 2 N–H and O–H groups in total. The lowest BCUT2D eigenvalue weighted by molar-refractivity contribution is 0.000582. The Hall–Kier alpha value is -0.120. The van der Waals surface area contributed by atoms with E-state index in [1.807, 2.05) is 0 Å². The number of nitrogens with zero attached hydrogens (tertiary/aromatic N) is 2. The van der Waals surface area contributed by atoms with Crippen molar-refractivity contribution in [3.63, 3.8) is 0 Å². The number of hydrogen-bond acceptors (Lipinski definition) is 3. The average molecular weight is 281 g/mol. The van der Waals surface area contributed by atoms with Crippen LogP contribution < -0.4 is 5.73 Å². The molecule has 1 atom stereocenters. The molecule has 2 fully saturated rings. The molecule has 20 heavy (non-hydrogen) atoms. The third-order valence-corrected chi connectivity index (χ3v) is 6.18. The van der Waals surface area contributed by atoms with Crippen LogP contribution in [0.3, 0.4) is 0 Å². The van der Waals surface area contributed by atoms with E-state index in [2.05, 4.69) is 37.7 Å². The third-order valence-electron chi connectivity index (χ3n) is 6.18. The third kappa shape index (κ3) is 3.37. The van der Waals surface area contributed by atoms with Gasteiger partial charge in [0.25, 0.3) is 0 Å². The minimum absolute atomic E-state index is 0.272. The molecule has 1 saturated carbocycles. The number of rotatable bonds is 4. The van der Waals surface area contributed by atoms with Gasteiger partial charge in [0, 0.05) is 24.7 Å². The number of likely N-dealkylation sites (N-methyl/N-ethyl adjacent to an activating group) is 2. The number of hydrogen-bond donors (Lipinski definition) is 1. The SMILES string of the molecule is CC(C)C1CCC(CN)(N(C)C2CCCN(C)C2)CC1. The Labute approximate surface area is 125 Å². The lowest BCUT2D eigenvalue weighted by Crippen LogP contribution is -2.60. The van der Waals surface area contributed by atoms with E-state index >= 15 is 0 Å². The Bertz CT molecular complexity index is 295. The summed E-state index contributed by atoms with van der Waals surface area (Å²) in [6.07, 6.45) is 7.99. The Kier molecular flexibility index (Phi) is 5.49. The van der Waals surface area contributed by atoms with Crippen molar-refractivity contribution in [3.05, 3.63) is 0 Å². The van der Waals surface area contributed by atoms with Crippen LogP contribution in [0.25, 0.3) is 0 Å². The van der Waals surface area contributed by atoms with Crippen molar-refractivity contribution in [3.8, 4) is 0 Å². The van der Waals surface area contributed by atoms with Gasteiger partial charge in [-0.05, 0) is 71.0 Å². The van der Waals surface area contributed by atoms with Gasteiger partial charge in [-0.1, -0.05) is 13.8 Å². The molecule has 3 heteroatoms. The first-order chi connectivity index (χ1) is 9.48. The molecule has 3 nitrogen and oxygen atoms in total. The molecule has 2 rings (SSSR count). The molecular weight excluding hydrogens is 246 g/mol. The molecule has 2 aliphatic rings. The molecule has 0 amide bonds. The predicted molar refractivity (Wildman–Crippen MR) is 86.9 cm³/mol. The van der Waals surface area contributed by atoms with Crippen LogP contribution in [0, 0.1) is 11.8 Å².